The van der Waals surface area contributed by atoms with Crippen LogP contribution in [0, 0.1) is 0 Å². The highest BCUT2D eigenvalue weighted by atomic mass is 16.4. The number of carboxylic acids is 1. The van der Waals surface area contributed by atoms with Crippen LogP contribution in [0.4, 0.5) is 0 Å². The van der Waals surface area contributed by atoms with E-state index in [1.165, 1.54) is 4.52 Å². The zero-order valence-corrected chi connectivity index (χ0v) is 8.51. The van der Waals surface area contributed by atoms with Crippen molar-refractivity contribution in [3.63, 3.8) is 0 Å². The fraction of sp³-hybridized carbons (Fsp3) is 0.300. The van der Waals surface area contributed by atoms with E-state index in [0.717, 1.165) is 0 Å². The molecule has 2 aromatic rings. The summed E-state index contributed by atoms with van der Waals surface area (Å²) in [6.45, 7) is 3.86. The van der Waals surface area contributed by atoms with Gasteiger partial charge in [-0.2, -0.15) is 5.10 Å². The van der Waals surface area contributed by atoms with Gasteiger partial charge in [-0.05, 0) is 5.92 Å². The van der Waals surface area contributed by atoms with E-state index in [-0.39, 0.29) is 11.6 Å². The van der Waals surface area contributed by atoms with Crippen molar-refractivity contribution in [1.82, 2.24) is 14.6 Å². The van der Waals surface area contributed by atoms with Crippen LogP contribution in [0.25, 0.3) is 5.65 Å². The first-order valence-electron chi connectivity index (χ1n) is 4.67. The molecule has 2 heterocycles. The second-order valence-corrected chi connectivity index (χ2v) is 3.62. The summed E-state index contributed by atoms with van der Waals surface area (Å²) in [7, 11) is 0. The zero-order chi connectivity index (χ0) is 11.0. The first-order valence-corrected chi connectivity index (χ1v) is 4.67. The molecule has 0 fully saturated rings. The summed E-state index contributed by atoms with van der Waals surface area (Å²) < 4.78 is 1.36. The molecule has 0 saturated heterocycles. The fourth-order valence-corrected chi connectivity index (χ4v) is 1.52. The van der Waals surface area contributed by atoms with E-state index in [1.54, 1.807) is 18.5 Å². The third kappa shape index (κ3) is 1.45. The Morgan fingerprint density at radius 2 is 2.27 bits per heavy atom. The summed E-state index contributed by atoms with van der Waals surface area (Å²) >= 11 is 0. The quantitative estimate of drug-likeness (QED) is 0.807. The van der Waals surface area contributed by atoms with Crippen LogP contribution in [0.5, 0.6) is 0 Å². The lowest BCUT2D eigenvalue weighted by Crippen LogP contribution is -2.12. The highest BCUT2D eigenvalue weighted by Gasteiger charge is 2.18. The Morgan fingerprint density at radius 1 is 1.53 bits per heavy atom. The summed E-state index contributed by atoms with van der Waals surface area (Å²) in [5.74, 6) is -0.869. The van der Waals surface area contributed by atoms with Gasteiger partial charge in [-0.25, -0.2) is 14.3 Å². The van der Waals surface area contributed by atoms with Gasteiger partial charge in [0.15, 0.2) is 11.3 Å². The summed E-state index contributed by atoms with van der Waals surface area (Å²) in [6.07, 6.45) is 3.14. The maximum absolute atomic E-state index is 11.1. The SMILES string of the molecule is CC(C)c1cnc2ccnn2c1C(=O)O. The van der Waals surface area contributed by atoms with E-state index in [9.17, 15) is 4.79 Å². The van der Waals surface area contributed by atoms with Crippen molar-refractivity contribution in [2.24, 2.45) is 0 Å². The maximum atomic E-state index is 11.1. The minimum Gasteiger partial charge on any atom is -0.476 e. The fourth-order valence-electron chi connectivity index (χ4n) is 1.52. The summed E-state index contributed by atoms with van der Waals surface area (Å²) in [4.78, 5) is 15.3. The number of fused-ring (bicyclic) bond motifs is 1. The lowest BCUT2D eigenvalue weighted by molar-refractivity contribution is 0.0685. The van der Waals surface area contributed by atoms with Gasteiger partial charge in [0, 0.05) is 17.8 Å². The molecule has 0 saturated carbocycles. The Balaban J connectivity index is 2.81. The van der Waals surface area contributed by atoms with Gasteiger partial charge >= 0.3 is 5.97 Å². The summed E-state index contributed by atoms with van der Waals surface area (Å²) in [5, 5.41) is 13.1. The van der Waals surface area contributed by atoms with Crippen LogP contribution in [0.3, 0.4) is 0 Å². The molecule has 0 unspecified atom stereocenters. The van der Waals surface area contributed by atoms with E-state index >= 15 is 0 Å². The van der Waals surface area contributed by atoms with Crippen LogP contribution in [0.1, 0.15) is 35.8 Å². The van der Waals surface area contributed by atoms with Gasteiger partial charge in [0.25, 0.3) is 0 Å². The Bertz CT molecular complexity index is 516. The zero-order valence-electron chi connectivity index (χ0n) is 8.51. The molecule has 0 aliphatic carbocycles. The summed E-state index contributed by atoms with van der Waals surface area (Å²) in [6, 6.07) is 1.68. The molecule has 2 rings (SSSR count). The van der Waals surface area contributed by atoms with Crippen molar-refractivity contribution in [1.29, 1.82) is 0 Å². The summed E-state index contributed by atoms with van der Waals surface area (Å²) in [5.41, 5.74) is 1.44. The Morgan fingerprint density at radius 3 is 2.87 bits per heavy atom. The van der Waals surface area contributed by atoms with Crippen LogP contribution in [-0.4, -0.2) is 25.7 Å². The van der Waals surface area contributed by atoms with Gasteiger partial charge in [0.05, 0.1) is 6.20 Å². The van der Waals surface area contributed by atoms with Crippen molar-refractivity contribution in [3.8, 4) is 0 Å². The molecular formula is C10H11N3O2. The number of nitrogens with zero attached hydrogens (tertiary/aromatic N) is 3. The van der Waals surface area contributed by atoms with E-state index in [4.69, 9.17) is 5.11 Å². The van der Waals surface area contributed by atoms with Crippen molar-refractivity contribution in [2.75, 3.05) is 0 Å². The Kier molecular flexibility index (Phi) is 2.15. The van der Waals surface area contributed by atoms with Crippen molar-refractivity contribution >= 4 is 11.6 Å². The molecule has 0 bridgehead atoms. The predicted molar refractivity (Wildman–Crippen MR) is 54.0 cm³/mol. The Labute approximate surface area is 86.4 Å². The number of hydrogen-bond acceptors (Lipinski definition) is 3. The molecule has 0 spiro atoms. The maximum Gasteiger partial charge on any atom is 0.354 e. The highest BCUT2D eigenvalue weighted by Crippen LogP contribution is 2.19. The molecule has 1 N–H and O–H groups in total. The standard InChI is InChI=1S/C10H11N3O2/c1-6(2)7-5-11-8-3-4-12-13(8)9(7)10(14)15/h3-6H,1-2H3,(H,14,15). The molecule has 0 aliphatic rings. The molecule has 2 aromatic heterocycles. The van der Waals surface area contributed by atoms with Crippen molar-refractivity contribution in [2.45, 2.75) is 19.8 Å². The monoisotopic (exact) mass is 205 g/mol. The van der Waals surface area contributed by atoms with Crippen LogP contribution in [0.2, 0.25) is 0 Å². The van der Waals surface area contributed by atoms with Gasteiger partial charge < -0.3 is 5.11 Å². The van der Waals surface area contributed by atoms with Crippen LogP contribution < -0.4 is 0 Å². The lowest BCUT2D eigenvalue weighted by Gasteiger charge is -2.09. The van der Waals surface area contributed by atoms with E-state index in [2.05, 4.69) is 10.1 Å². The molecular weight excluding hydrogens is 194 g/mol. The predicted octanol–water partition coefficient (Wildman–Crippen LogP) is 1.55. The average molecular weight is 205 g/mol. The van der Waals surface area contributed by atoms with Crippen LogP contribution in [-0.2, 0) is 0 Å². The molecule has 78 valence electrons. The number of aromatic nitrogens is 3. The molecule has 0 aromatic carbocycles. The Hall–Kier alpha value is -1.91. The average Bonchev–Trinajstić information content (AvgIpc) is 2.62. The third-order valence-corrected chi connectivity index (χ3v) is 2.27. The van der Waals surface area contributed by atoms with E-state index in [0.29, 0.717) is 11.2 Å². The number of aromatic carboxylic acids is 1. The number of carboxylic acid groups (broad SMARTS) is 1. The van der Waals surface area contributed by atoms with Gasteiger partial charge in [0.2, 0.25) is 0 Å². The van der Waals surface area contributed by atoms with Crippen molar-refractivity contribution in [3.05, 3.63) is 29.7 Å². The first-order chi connectivity index (χ1) is 7.11. The normalized spacial score (nSPS) is 11.1. The topological polar surface area (TPSA) is 67.5 Å². The third-order valence-electron chi connectivity index (χ3n) is 2.27. The molecule has 0 amide bonds. The van der Waals surface area contributed by atoms with Crippen molar-refractivity contribution < 1.29 is 9.90 Å². The van der Waals surface area contributed by atoms with Crippen LogP contribution >= 0.6 is 0 Å². The smallest absolute Gasteiger partial charge is 0.354 e. The number of rotatable bonds is 2. The molecule has 0 radical (unpaired) electrons. The second kappa shape index (κ2) is 3.34. The van der Waals surface area contributed by atoms with E-state index in [1.807, 2.05) is 13.8 Å². The second-order valence-electron chi connectivity index (χ2n) is 3.62. The highest BCUT2D eigenvalue weighted by molar-refractivity contribution is 5.88. The first kappa shape index (κ1) is 9.64. The lowest BCUT2D eigenvalue weighted by atomic mass is 10.0. The van der Waals surface area contributed by atoms with E-state index < -0.39 is 5.97 Å². The van der Waals surface area contributed by atoms with Crippen LogP contribution in [0.15, 0.2) is 18.5 Å². The largest absolute Gasteiger partial charge is 0.476 e. The minimum atomic E-state index is -0.977. The molecule has 0 atom stereocenters. The molecule has 5 heteroatoms. The van der Waals surface area contributed by atoms with Gasteiger partial charge in [0.1, 0.15) is 0 Å². The number of hydrogen-bond donors (Lipinski definition) is 1. The molecule has 15 heavy (non-hydrogen) atoms. The van der Waals surface area contributed by atoms with Gasteiger partial charge in [-0.3, -0.25) is 0 Å². The minimum absolute atomic E-state index is 0.109. The molecule has 0 aliphatic heterocycles. The number of carbonyl (C=O) groups is 1. The molecule has 5 nitrogen and oxygen atoms in total. The van der Waals surface area contributed by atoms with Gasteiger partial charge in [-0.15, -0.1) is 0 Å². The van der Waals surface area contributed by atoms with Gasteiger partial charge in [-0.1, -0.05) is 13.8 Å².